The maximum Gasteiger partial charge on any atom is 0.247 e. The van der Waals surface area contributed by atoms with Crippen molar-refractivity contribution in [2.24, 2.45) is 0 Å². The van der Waals surface area contributed by atoms with Gasteiger partial charge in [0.25, 0.3) is 0 Å². The van der Waals surface area contributed by atoms with Gasteiger partial charge < -0.3 is 9.73 Å². The molecular formula is C13H13BrN6O. The summed E-state index contributed by atoms with van der Waals surface area (Å²) in [4.78, 5) is 0. The second-order valence-corrected chi connectivity index (χ2v) is 5.36. The van der Waals surface area contributed by atoms with Gasteiger partial charge in [-0.15, -0.1) is 15.3 Å². The van der Waals surface area contributed by atoms with E-state index in [9.17, 15) is 0 Å². The summed E-state index contributed by atoms with van der Waals surface area (Å²) < 4.78 is 8.32. The summed E-state index contributed by atoms with van der Waals surface area (Å²) in [5, 5.41) is 19.2. The largest absolute Gasteiger partial charge is 0.419 e. The van der Waals surface area contributed by atoms with Gasteiger partial charge in [0.2, 0.25) is 11.8 Å². The normalized spacial score (nSPS) is 11.0. The van der Waals surface area contributed by atoms with Crippen molar-refractivity contribution in [1.29, 1.82) is 0 Å². The van der Waals surface area contributed by atoms with Crippen molar-refractivity contribution in [1.82, 2.24) is 30.5 Å². The molecule has 0 aliphatic heterocycles. The lowest BCUT2D eigenvalue weighted by atomic mass is 10.2. The Hall–Kier alpha value is -2.06. The highest BCUT2D eigenvalue weighted by Crippen LogP contribution is 2.20. The third kappa shape index (κ3) is 3.34. The molecule has 3 aromatic rings. The molecule has 0 aliphatic rings. The van der Waals surface area contributed by atoms with Crippen molar-refractivity contribution in [3.8, 4) is 11.5 Å². The molecule has 0 saturated heterocycles. The lowest BCUT2D eigenvalue weighted by Crippen LogP contribution is -2.05. The highest BCUT2D eigenvalue weighted by atomic mass is 79.9. The molecule has 1 aromatic carbocycles. The van der Waals surface area contributed by atoms with Crippen molar-refractivity contribution in [3.05, 3.63) is 46.5 Å². The Morgan fingerprint density at radius 3 is 2.76 bits per heavy atom. The molecule has 0 spiro atoms. The van der Waals surface area contributed by atoms with Crippen molar-refractivity contribution in [2.75, 3.05) is 7.05 Å². The van der Waals surface area contributed by atoms with Crippen LogP contribution in [-0.4, -0.2) is 32.2 Å². The van der Waals surface area contributed by atoms with E-state index in [2.05, 4.69) is 41.8 Å². The van der Waals surface area contributed by atoms with E-state index in [0.717, 1.165) is 15.7 Å². The molecule has 0 amide bonds. The highest BCUT2D eigenvalue weighted by Gasteiger charge is 2.10. The molecule has 0 atom stereocenters. The fraction of sp³-hybridized carbons (Fsp3) is 0.231. The molecule has 108 valence electrons. The lowest BCUT2D eigenvalue weighted by molar-refractivity contribution is 0.469. The molecule has 2 aromatic heterocycles. The topological polar surface area (TPSA) is 81.7 Å². The van der Waals surface area contributed by atoms with E-state index < -0.39 is 0 Å². The highest BCUT2D eigenvalue weighted by molar-refractivity contribution is 9.10. The fourth-order valence-corrected chi connectivity index (χ4v) is 2.11. The molecule has 1 N–H and O–H groups in total. The van der Waals surface area contributed by atoms with Crippen molar-refractivity contribution in [3.63, 3.8) is 0 Å². The number of benzene rings is 1. The molecule has 0 unspecified atom stereocenters. The van der Waals surface area contributed by atoms with E-state index in [4.69, 9.17) is 4.42 Å². The van der Waals surface area contributed by atoms with Crippen LogP contribution < -0.4 is 5.32 Å². The zero-order valence-corrected chi connectivity index (χ0v) is 12.9. The Bertz CT molecular complexity index is 720. The predicted molar refractivity (Wildman–Crippen MR) is 79.3 cm³/mol. The number of hydrogen-bond acceptors (Lipinski definition) is 6. The van der Waals surface area contributed by atoms with Crippen LogP contribution in [0.1, 0.15) is 11.6 Å². The average molecular weight is 349 g/mol. The zero-order chi connectivity index (χ0) is 14.7. The van der Waals surface area contributed by atoms with Gasteiger partial charge in [-0.2, -0.15) is 0 Å². The molecule has 0 radical (unpaired) electrons. The molecule has 0 fully saturated rings. The van der Waals surface area contributed by atoms with Crippen molar-refractivity contribution in [2.45, 2.75) is 13.1 Å². The number of hydrogen-bond donors (Lipinski definition) is 1. The third-order valence-electron chi connectivity index (χ3n) is 2.80. The fourth-order valence-electron chi connectivity index (χ4n) is 1.84. The van der Waals surface area contributed by atoms with Crippen LogP contribution in [0.25, 0.3) is 11.5 Å². The standard InChI is InChI=1S/C13H13BrN6O/c1-15-6-11-7-20(19-16-11)8-12-17-18-13(21-12)9-2-4-10(14)5-3-9/h2-5,7,15H,6,8H2,1H3. The summed E-state index contributed by atoms with van der Waals surface area (Å²) in [5.41, 5.74) is 1.75. The van der Waals surface area contributed by atoms with E-state index in [1.54, 1.807) is 4.68 Å². The first-order chi connectivity index (χ1) is 10.2. The summed E-state index contributed by atoms with van der Waals surface area (Å²) in [6, 6.07) is 7.70. The second kappa shape index (κ2) is 6.15. The quantitative estimate of drug-likeness (QED) is 0.757. The Balaban J connectivity index is 1.73. The van der Waals surface area contributed by atoms with Crippen LogP contribution in [0.2, 0.25) is 0 Å². The minimum absolute atomic E-state index is 0.403. The first-order valence-electron chi connectivity index (χ1n) is 6.36. The van der Waals surface area contributed by atoms with Gasteiger partial charge in [0.1, 0.15) is 6.54 Å². The van der Waals surface area contributed by atoms with Gasteiger partial charge in [-0.3, -0.25) is 0 Å². The van der Waals surface area contributed by atoms with Gasteiger partial charge in [-0.25, -0.2) is 4.68 Å². The van der Waals surface area contributed by atoms with Crippen LogP contribution in [-0.2, 0) is 13.1 Å². The van der Waals surface area contributed by atoms with Gasteiger partial charge in [-0.1, -0.05) is 21.1 Å². The number of nitrogens with one attached hydrogen (secondary N) is 1. The molecule has 3 rings (SSSR count). The summed E-state index contributed by atoms with van der Waals surface area (Å²) in [6.45, 7) is 1.08. The average Bonchev–Trinajstić information content (AvgIpc) is 3.11. The molecule has 7 nitrogen and oxygen atoms in total. The number of rotatable bonds is 5. The van der Waals surface area contributed by atoms with E-state index in [-0.39, 0.29) is 0 Å². The van der Waals surface area contributed by atoms with E-state index in [0.29, 0.717) is 24.9 Å². The van der Waals surface area contributed by atoms with Crippen LogP contribution in [0.5, 0.6) is 0 Å². The SMILES string of the molecule is CNCc1cn(Cc2nnc(-c3ccc(Br)cc3)o2)nn1. The summed E-state index contributed by atoms with van der Waals surface area (Å²) in [5.74, 6) is 0.988. The Labute approximate surface area is 129 Å². The molecule has 8 heteroatoms. The van der Waals surface area contributed by atoms with Crippen LogP contribution in [0, 0.1) is 0 Å². The molecular weight excluding hydrogens is 336 g/mol. The number of aromatic nitrogens is 5. The van der Waals surface area contributed by atoms with E-state index >= 15 is 0 Å². The van der Waals surface area contributed by atoms with Gasteiger partial charge >= 0.3 is 0 Å². The first kappa shape index (κ1) is 13.9. The Morgan fingerprint density at radius 2 is 2.00 bits per heavy atom. The molecule has 0 saturated carbocycles. The van der Waals surface area contributed by atoms with Crippen molar-refractivity contribution < 1.29 is 4.42 Å². The molecule has 0 aliphatic carbocycles. The van der Waals surface area contributed by atoms with Gasteiger partial charge in [0, 0.05) is 16.6 Å². The zero-order valence-electron chi connectivity index (χ0n) is 11.3. The second-order valence-electron chi connectivity index (χ2n) is 4.45. The monoisotopic (exact) mass is 348 g/mol. The Morgan fingerprint density at radius 1 is 1.19 bits per heavy atom. The van der Waals surface area contributed by atoms with Crippen LogP contribution in [0.3, 0.4) is 0 Å². The molecule has 2 heterocycles. The van der Waals surface area contributed by atoms with E-state index in [1.807, 2.05) is 37.5 Å². The number of halogens is 1. The molecule has 21 heavy (non-hydrogen) atoms. The molecule has 0 bridgehead atoms. The van der Waals surface area contributed by atoms with Gasteiger partial charge in [-0.05, 0) is 31.3 Å². The summed E-state index contributed by atoms with van der Waals surface area (Å²) in [7, 11) is 1.86. The smallest absolute Gasteiger partial charge is 0.247 e. The maximum absolute atomic E-state index is 5.64. The Kier molecular flexibility index (Phi) is 4.07. The van der Waals surface area contributed by atoms with Crippen LogP contribution in [0.15, 0.2) is 39.4 Å². The van der Waals surface area contributed by atoms with E-state index in [1.165, 1.54) is 0 Å². The van der Waals surface area contributed by atoms with Gasteiger partial charge in [0.05, 0.1) is 11.9 Å². The predicted octanol–water partition coefficient (Wildman–Crippen LogP) is 1.86. The third-order valence-corrected chi connectivity index (χ3v) is 3.33. The minimum Gasteiger partial charge on any atom is -0.419 e. The van der Waals surface area contributed by atoms with Crippen LogP contribution in [0.4, 0.5) is 0 Å². The van der Waals surface area contributed by atoms with Crippen LogP contribution >= 0.6 is 15.9 Å². The minimum atomic E-state index is 0.403. The first-order valence-corrected chi connectivity index (χ1v) is 7.16. The summed E-state index contributed by atoms with van der Waals surface area (Å²) >= 11 is 3.39. The lowest BCUT2D eigenvalue weighted by Gasteiger charge is -1.95. The number of nitrogens with zero attached hydrogens (tertiary/aromatic N) is 5. The van der Waals surface area contributed by atoms with Crippen molar-refractivity contribution >= 4 is 15.9 Å². The maximum atomic E-state index is 5.64. The summed E-state index contributed by atoms with van der Waals surface area (Å²) in [6.07, 6.45) is 1.85. The van der Waals surface area contributed by atoms with Gasteiger partial charge in [0.15, 0.2) is 0 Å².